The Hall–Kier alpha value is -2.92. The van der Waals surface area contributed by atoms with Gasteiger partial charge in [-0.2, -0.15) is 8.42 Å². The zero-order chi connectivity index (χ0) is 66.0. The lowest BCUT2D eigenvalue weighted by Gasteiger charge is -2.51. The highest BCUT2D eigenvalue weighted by atomic mass is 32.3. The van der Waals surface area contributed by atoms with Crippen LogP contribution in [-0.2, 0) is 90.5 Å². The number of hydrogen-bond donors (Lipinski definition) is 21. The lowest BCUT2D eigenvalue weighted by atomic mass is 9.94. The Morgan fingerprint density at radius 1 is 0.371 bits per heavy atom. The molecule has 0 saturated carbocycles. The van der Waals surface area contributed by atoms with Crippen molar-refractivity contribution < 1.29 is 180 Å². The van der Waals surface area contributed by atoms with Crippen molar-refractivity contribution in [3.8, 4) is 0 Å². The third-order valence-electron chi connectivity index (χ3n) is 15.9. The number of nitrogens with one attached hydrogen (secondary N) is 3. The van der Waals surface area contributed by atoms with Gasteiger partial charge < -0.3 is 164 Å². The van der Waals surface area contributed by atoms with Gasteiger partial charge in [0.15, 0.2) is 44.0 Å². The van der Waals surface area contributed by atoms with Crippen molar-refractivity contribution in [2.75, 3.05) is 33.0 Å². The van der Waals surface area contributed by atoms with Gasteiger partial charge in [-0.3, -0.25) is 18.9 Å². The standard InChI is InChI=1S/C48H81N3O37S/c1-11-24(58)32(66)35(69)45(77-11)87-40-34(68)27(61)17(7-53)81-47(40)85-38-23(51-15(5)57)43(83-20(30(38)64)10-76-89(72,73)74)75-9-19-29(63)37(22(42(71)79-19)50-14(4)56)84-48-41(88-46-36(70)33(67)25(59)12(2)78-46)39(28(62)18(8-54)82-48)86-44-21(49-13(3)55)31(65)26(60)16(6-52)80-44/h11-12,16-48,52-54,58-71H,6-10H2,1-5H3,(H,49,55)(H,50,56)(H,51,57)(H,72,73,74)/t11-,12-,16+,17+,18+,19+,20+,21+,22+,23+,24+,25+,26-,27-,28-,29-,30+,31+,32+,33+,34-,35-,36-,37+,38+,39-,40+,41+,42?,43?,44?,45?,46?,47?,48?/m0/s1. The monoisotopic (exact) mass is 1320 g/mol. The lowest BCUT2D eigenvalue weighted by molar-refractivity contribution is -0.397. The van der Waals surface area contributed by atoms with Crippen LogP contribution in [0.3, 0.4) is 0 Å². The van der Waals surface area contributed by atoms with E-state index < -0.39 is 276 Å². The minimum absolute atomic E-state index is 0.830. The molecule has 0 aromatic carbocycles. The fraction of sp³-hybridized carbons (Fsp3) is 0.938. The third-order valence-corrected chi connectivity index (χ3v) is 16.3. The molecule has 41 heteroatoms. The molecule has 89 heavy (non-hydrogen) atoms. The molecule has 0 aromatic rings. The van der Waals surface area contributed by atoms with Crippen molar-refractivity contribution in [1.82, 2.24) is 16.0 Å². The largest absolute Gasteiger partial charge is 0.397 e. The van der Waals surface area contributed by atoms with Crippen LogP contribution in [0.2, 0.25) is 0 Å². The summed E-state index contributed by atoms with van der Waals surface area (Å²) in [6, 6.07) is -5.53. The summed E-state index contributed by atoms with van der Waals surface area (Å²) in [7, 11) is -5.36. The zero-order valence-electron chi connectivity index (χ0n) is 48.0. The van der Waals surface area contributed by atoms with E-state index in [1.165, 1.54) is 13.8 Å². The molecule has 7 rings (SSSR count). The Balaban J connectivity index is 1.23. The van der Waals surface area contributed by atoms with Gasteiger partial charge in [0.05, 0.1) is 45.2 Å². The van der Waals surface area contributed by atoms with E-state index in [1.54, 1.807) is 0 Å². The number of aliphatic hydroxyl groups is 17. The molecule has 7 saturated heterocycles. The number of carbonyl (C=O) groups excluding carboxylic acids is 3. The summed E-state index contributed by atoms with van der Waals surface area (Å²) in [5.41, 5.74) is 0. The average Bonchev–Trinajstić information content (AvgIpc) is 0.971. The maximum absolute atomic E-state index is 13.0. The van der Waals surface area contributed by atoms with Gasteiger partial charge >= 0.3 is 10.4 Å². The molecule has 7 aliphatic rings. The van der Waals surface area contributed by atoms with Crippen LogP contribution < -0.4 is 16.0 Å². The van der Waals surface area contributed by atoms with Crippen molar-refractivity contribution in [3.63, 3.8) is 0 Å². The summed E-state index contributed by atoms with van der Waals surface area (Å²) in [6.45, 7) is -0.0669. The van der Waals surface area contributed by atoms with Crippen LogP contribution in [0.5, 0.6) is 0 Å². The summed E-state index contributed by atoms with van der Waals surface area (Å²) < 4.78 is 114. The average molecular weight is 1320 g/mol. The molecule has 7 fully saturated rings. The first-order chi connectivity index (χ1) is 41.7. The second-order valence-corrected chi connectivity index (χ2v) is 23.4. The highest BCUT2D eigenvalue weighted by molar-refractivity contribution is 7.80. The second-order valence-electron chi connectivity index (χ2n) is 22.3. The molecule has 0 radical (unpaired) electrons. The molecule has 35 atom stereocenters. The van der Waals surface area contributed by atoms with Gasteiger partial charge in [0.2, 0.25) is 17.7 Å². The van der Waals surface area contributed by atoms with Gasteiger partial charge in [0, 0.05) is 20.8 Å². The molecule has 0 aromatic heterocycles. The Morgan fingerprint density at radius 2 is 0.753 bits per heavy atom. The van der Waals surface area contributed by atoms with E-state index in [-0.39, 0.29) is 0 Å². The number of amides is 3. The van der Waals surface area contributed by atoms with Crippen LogP contribution in [0.4, 0.5) is 0 Å². The first-order valence-corrected chi connectivity index (χ1v) is 29.3. The van der Waals surface area contributed by atoms with Crippen molar-refractivity contribution >= 4 is 28.1 Å². The van der Waals surface area contributed by atoms with E-state index in [4.69, 9.17) is 61.6 Å². The maximum Gasteiger partial charge on any atom is 0.397 e. The Morgan fingerprint density at radius 3 is 1.25 bits per heavy atom. The molecule has 516 valence electrons. The first kappa shape index (κ1) is 73.5. The molecule has 7 unspecified atom stereocenters. The van der Waals surface area contributed by atoms with E-state index in [2.05, 4.69) is 20.1 Å². The van der Waals surface area contributed by atoms with Gasteiger partial charge in [0.1, 0.15) is 159 Å². The predicted molar refractivity (Wildman–Crippen MR) is 274 cm³/mol. The SMILES string of the molecule is CC(=O)N[C@H]1C(O[C@H]2[C@@H](O)[C@@H](CO)OC(O[C@H]3[C@@H](O)[C@@H](COC4O[C@H](COS(=O)(=O)O)[C@@H](O)[C@H](OC5O[C@H](CO)[C@H](O)[C@H](O)[C@H]5OC5O[C@@H](C)[C@@H](O)[C@@H](O)[C@@H]5O)[C@H]4NC(C)=O)OC(O)[C@@H]3NC(C)=O)[C@@H]2OC2O[C@@H](C)[C@@H](O)[C@@H](O)[C@@H]2O)O[C@H](CO)[C@H](O)[C@@H]1O. The smallest absolute Gasteiger partial charge is 0.394 e. The number of hydrogen-bond acceptors (Lipinski definition) is 36. The van der Waals surface area contributed by atoms with Crippen LogP contribution >= 0.6 is 0 Å². The molecule has 3 amide bonds. The molecule has 7 heterocycles. The van der Waals surface area contributed by atoms with Gasteiger partial charge in [-0.25, -0.2) is 4.18 Å². The minimum atomic E-state index is -5.36. The molecule has 0 aliphatic carbocycles. The fourth-order valence-electron chi connectivity index (χ4n) is 11.1. The third kappa shape index (κ3) is 17.0. The minimum Gasteiger partial charge on any atom is -0.394 e. The summed E-state index contributed by atoms with van der Waals surface area (Å²) >= 11 is 0. The van der Waals surface area contributed by atoms with E-state index in [1.807, 2.05) is 0 Å². The van der Waals surface area contributed by atoms with Gasteiger partial charge in [-0.05, 0) is 13.8 Å². The summed E-state index contributed by atoms with van der Waals surface area (Å²) in [5.74, 6) is -2.70. The van der Waals surface area contributed by atoms with Gasteiger partial charge in [-0.1, -0.05) is 0 Å². The van der Waals surface area contributed by atoms with Crippen LogP contribution in [0.25, 0.3) is 0 Å². The van der Waals surface area contributed by atoms with Crippen molar-refractivity contribution in [2.24, 2.45) is 0 Å². The summed E-state index contributed by atoms with van der Waals surface area (Å²) in [4.78, 5) is 38.2. The van der Waals surface area contributed by atoms with Crippen molar-refractivity contribution in [1.29, 1.82) is 0 Å². The topological polar surface area (TPSA) is 615 Å². The van der Waals surface area contributed by atoms with Crippen molar-refractivity contribution in [3.05, 3.63) is 0 Å². The molecular weight excluding hydrogens is 1240 g/mol. The summed E-state index contributed by atoms with van der Waals surface area (Å²) in [5, 5.41) is 194. The highest BCUT2D eigenvalue weighted by Gasteiger charge is 2.59. The Bertz CT molecular complexity index is 2420. The number of ether oxygens (including phenoxy) is 13. The molecule has 7 aliphatic heterocycles. The molecule has 0 spiro atoms. The number of rotatable bonds is 22. The van der Waals surface area contributed by atoms with E-state index in [9.17, 15) is 114 Å². The molecule has 0 bridgehead atoms. The van der Waals surface area contributed by atoms with E-state index in [0.717, 1.165) is 20.8 Å². The first-order valence-electron chi connectivity index (χ1n) is 28.0. The highest BCUT2D eigenvalue weighted by Crippen LogP contribution is 2.38. The maximum atomic E-state index is 13.0. The molecular formula is C48H81N3O37S. The van der Waals surface area contributed by atoms with E-state index in [0.29, 0.717) is 0 Å². The Labute approximate surface area is 505 Å². The predicted octanol–water partition coefficient (Wildman–Crippen LogP) is -14.0. The van der Waals surface area contributed by atoms with Crippen molar-refractivity contribution in [2.45, 2.75) is 249 Å². The van der Waals surface area contributed by atoms with Crippen LogP contribution in [0, 0.1) is 0 Å². The zero-order valence-corrected chi connectivity index (χ0v) is 48.8. The van der Waals surface area contributed by atoms with Crippen LogP contribution in [0.1, 0.15) is 34.6 Å². The Kier molecular flexibility index (Phi) is 25.7. The van der Waals surface area contributed by atoms with Gasteiger partial charge in [0.25, 0.3) is 0 Å². The normalized spacial score (nSPS) is 48.3. The fourth-order valence-corrected chi connectivity index (χ4v) is 11.4. The molecule has 21 N–H and O–H groups in total. The van der Waals surface area contributed by atoms with Gasteiger partial charge in [-0.15, -0.1) is 0 Å². The quantitative estimate of drug-likeness (QED) is 0.0448. The molecule has 40 nitrogen and oxygen atoms in total. The van der Waals surface area contributed by atoms with E-state index >= 15 is 0 Å². The van der Waals surface area contributed by atoms with Crippen LogP contribution in [0.15, 0.2) is 0 Å². The summed E-state index contributed by atoms with van der Waals surface area (Å²) in [6.07, 6.45) is -63.2. The number of aliphatic hydroxyl groups excluding tert-OH is 17. The lowest BCUT2D eigenvalue weighted by Crippen LogP contribution is -2.71. The second kappa shape index (κ2) is 31.1. The number of carbonyl (C=O) groups is 3. The van der Waals surface area contributed by atoms with Crippen LogP contribution in [-0.4, -0.2) is 365 Å².